The summed E-state index contributed by atoms with van der Waals surface area (Å²) >= 11 is 0. The minimum Gasteiger partial charge on any atom is -0.481 e. The molecule has 1 aromatic rings. The van der Waals surface area contributed by atoms with E-state index in [4.69, 9.17) is 9.90 Å². The van der Waals surface area contributed by atoms with E-state index < -0.39 is 5.97 Å². The van der Waals surface area contributed by atoms with Gasteiger partial charge in [-0.25, -0.2) is 0 Å². The second-order valence-corrected chi connectivity index (χ2v) is 3.55. The third kappa shape index (κ3) is 2.91. The minimum atomic E-state index is -0.833. The van der Waals surface area contributed by atoms with Crippen LogP contribution in [0.5, 0.6) is 0 Å². The van der Waals surface area contributed by atoms with Crippen molar-refractivity contribution >= 4 is 11.8 Å². The zero-order valence-corrected chi connectivity index (χ0v) is 8.91. The first-order valence-electron chi connectivity index (χ1n) is 4.83. The lowest BCUT2D eigenvalue weighted by Gasteiger charge is -1.99. The Hall–Kier alpha value is -1.64. The SMILES string of the molecule is CC(=O)O.Cc1cccc2c1C(=O)CC2. The van der Waals surface area contributed by atoms with Crippen LogP contribution in [-0.2, 0) is 11.2 Å². The van der Waals surface area contributed by atoms with Gasteiger partial charge < -0.3 is 5.11 Å². The summed E-state index contributed by atoms with van der Waals surface area (Å²) in [6.07, 6.45) is 1.65. The third-order valence-electron chi connectivity index (χ3n) is 2.26. The number of rotatable bonds is 0. The molecule has 80 valence electrons. The summed E-state index contributed by atoms with van der Waals surface area (Å²) in [7, 11) is 0. The highest BCUT2D eigenvalue weighted by molar-refractivity contribution is 6.01. The quantitative estimate of drug-likeness (QED) is 0.708. The van der Waals surface area contributed by atoms with Crippen LogP contribution in [-0.4, -0.2) is 16.9 Å². The molecular weight excluding hydrogens is 192 g/mol. The summed E-state index contributed by atoms with van der Waals surface area (Å²) in [6.45, 7) is 3.09. The molecule has 1 aromatic carbocycles. The van der Waals surface area contributed by atoms with Crippen molar-refractivity contribution in [3.05, 3.63) is 34.9 Å². The van der Waals surface area contributed by atoms with Crippen LogP contribution in [0.25, 0.3) is 0 Å². The summed E-state index contributed by atoms with van der Waals surface area (Å²) in [5.41, 5.74) is 3.34. The van der Waals surface area contributed by atoms with Crippen molar-refractivity contribution in [2.24, 2.45) is 0 Å². The van der Waals surface area contributed by atoms with Gasteiger partial charge in [0, 0.05) is 18.9 Å². The topological polar surface area (TPSA) is 54.4 Å². The normalized spacial score (nSPS) is 12.8. The van der Waals surface area contributed by atoms with Gasteiger partial charge in [0.05, 0.1) is 0 Å². The molecule has 3 nitrogen and oxygen atoms in total. The molecule has 0 aromatic heterocycles. The lowest BCUT2D eigenvalue weighted by molar-refractivity contribution is -0.134. The number of ketones is 1. The molecule has 3 heteroatoms. The van der Waals surface area contributed by atoms with Gasteiger partial charge in [0.15, 0.2) is 5.78 Å². The van der Waals surface area contributed by atoms with Crippen molar-refractivity contribution in [1.29, 1.82) is 0 Å². The Balaban J connectivity index is 0.000000245. The van der Waals surface area contributed by atoms with Crippen LogP contribution in [0.3, 0.4) is 0 Å². The monoisotopic (exact) mass is 206 g/mol. The number of fused-ring (bicyclic) bond motifs is 1. The zero-order chi connectivity index (χ0) is 11.4. The summed E-state index contributed by atoms with van der Waals surface area (Å²) in [5, 5.41) is 7.42. The van der Waals surface area contributed by atoms with Crippen molar-refractivity contribution < 1.29 is 14.7 Å². The highest BCUT2D eigenvalue weighted by Gasteiger charge is 2.20. The van der Waals surface area contributed by atoms with Crippen LogP contribution in [0.4, 0.5) is 0 Å². The van der Waals surface area contributed by atoms with Gasteiger partial charge >= 0.3 is 0 Å². The number of aliphatic carboxylic acids is 1. The van der Waals surface area contributed by atoms with E-state index >= 15 is 0 Å². The maximum atomic E-state index is 11.3. The number of carboxylic acid groups (broad SMARTS) is 1. The molecule has 1 aliphatic rings. The average Bonchev–Trinajstić information content (AvgIpc) is 2.48. The third-order valence-corrected chi connectivity index (χ3v) is 2.26. The van der Waals surface area contributed by atoms with Gasteiger partial charge in [-0.15, -0.1) is 0 Å². The number of carbonyl (C=O) groups is 2. The van der Waals surface area contributed by atoms with Crippen LogP contribution in [0.15, 0.2) is 18.2 Å². The molecule has 2 rings (SSSR count). The second-order valence-electron chi connectivity index (χ2n) is 3.55. The summed E-state index contributed by atoms with van der Waals surface area (Å²) < 4.78 is 0. The molecule has 1 N–H and O–H groups in total. The van der Waals surface area contributed by atoms with Crippen molar-refractivity contribution in [2.75, 3.05) is 0 Å². The Bertz CT molecular complexity index is 390. The van der Waals surface area contributed by atoms with Crippen LogP contribution < -0.4 is 0 Å². The predicted octanol–water partition coefficient (Wildman–Crippen LogP) is 2.21. The van der Waals surface area contributed by atoms with E-state index in [9.17, 15) is 4.79 Å². The van der Waals surface area contributed by atoms with E-state index in [1.807, 2.05) is 25.1 Å². The van der Waals surface area contributed by atoms with Gasteiger partial charge in [0.1, 0.15) is 0 Å². The van der Waals surface area contributed by atoms with Gasteiger partial charge in [-0.2, -0.15) is 0 Å². The predicted molar refractivity (Wildman–Crippen MR) is 57.1 cm³/mol. The first-order valence-corrected chi connectivity index (χ1v) is 4.83. The van der Waals surface area contributed by atoms with E-state index in [1.165, 1.54) is 5.56 Å². The largest absolute Gasteiger partial charge is 0.481 e. The highest BCUT2D eigenvalue weighted by Crippen LogP contribution is 2.24. The first kappa shape index (κ1) is 11.4. The summed E-state index contributed by atoms with van der Waals surface area (Å²) in [4.78, 5) is 20.3. The number of carbonyl (C=O) groups excluding carboxylic acids is 1. The fourth-order valence-electron chi connectivity index (χ4n) is 1.71. The van der Waals surface area contributed by atoms with Gasteiger partial charge in [-0.05, 0) is 24.5 Å². The molecule has 0 radical (unpaired) electrons. The molecule has 0 unspecified atom stereocenters. The average molecular weight is 206 g/mol. The molecule has 0 fully saturated rings. The number of carboxylic acids is 1. The Morgan fingerprint density at radius 1 is 1.33 bits per heavy atom. The molecule has 15 heavy (non-hydrogen) atoms. The Morgan fingerprint density at radius 2 is 1.93 bits per heavy atom. The van der Waals surface area contributed by atoms with E-state index in [-0.39, 0.29) is 0 Å². The maximum absolute atomic E-state index is 11.3. The molecule has 0 spiro atoms. The van der Waals surface area contributed by atoms with Gasteiger partial charge in [0.2, 0.25) is 0 Å². The standard InChI is InChI=1S/C10H10O.C2H4O2/c1-7-3-2-4-8-5-6-9(11)10(7)8;1-2(3)4/h2-4H,5-6H2,1H3;1H3,(H,3,4). The molecular formula is C12H14O3. The fourth-order valence-corrected chi connectivity index (χ4v) is 1.71. The Morgan fingerprint density at radius 3 is 2.47 bits per heavy atom. The lowest BCUT2D eigenvalue weighted by Crippen LogP contribution is -1.94. The van der Waals surface area contributed by atoms with E-state index in [0.717, 1.165) is 24.5 Å². The van der Waals surface area contributed by atoms with Crippen molar-refractivity contribution in [3.8, 4) is 0 Å². The Kier molecular flexibility index (Phi) is 3.61. The van der Waals surface area contributed by atoms with E-state index in [1.54, 1.807) is 0 Å². The molecule has 1 aliphatic carbocycles. The molecule has 0 saturated carbocycles. The van der Waals surface area contributed by atoms with E-state index in [0.29, 0.717) is 12.2 Å². The van der Waals surface area contributed by atoms with Crippen LogP contribution in [0.1, 0.15) is 34.8 Å². The van der Waals surface area contributed by atoms with Crippen LogP contribution >= 0.6 is 0 Å². The van der Waals surface area contributed by atoms with Crippen LogP contribution in [0, 0.1) is 6.92 Å². The number of hydrogen-bond donors (Lipinski definition) is 1. The number of aryl methyl sites for hydroxylation is 2. The maximum Gasteiger partial charge on any atom is 0.300 e. The van der Waals surface area contributed by atoms with Crippen molar-refractivity contribution in [2.45, 2.75) is 26.7 Å². The summed E-state index contributed by atoms with van der Waals surface area (Å²) in [5.74, 6) is -0.516. The van der Waals surface area contributed by atoms with Gasteiger partial charge in [-0.3, -0.25) is 9.59 Å². The molecule has 0 atom stereocenters. The number of Topliss-reactive ketones (excluding diaryl/α,β-unsaturated/α-hetero) is 1. The van der Waals surface area contributed by atoms with Gasteiger partial charge in [0.25, 0.3) is 5.97 Å². The first-order chi connectivity index (χ1) is 7.02. The van der Waals surface area contributed by atoms with Gasteiger partial charge in [-0.1, -0.05) is 18.2 Å². The number of hydrogen-bond acceptors (Lipinski definition) is 2. The smallest absolute Gasteiger partial charge is 0.300 e. The molecule has 0 amide bonds. The summed E-state index contributed by atoms with van der Waals surface area (Å²) in [6, 6.07) is 6.07. The van der Waals surface area contributed by atoms with Crippen molar-refractivity contribution in [1.82, 2.24) is 0 Å². The fraction of sp³-hybridized carbons (Fsp3) is 0.333. The Labute approximate surface area is 88.7 Å². The second kappa shape index (κ2) is 4.73. The molecule has 0 bridgehead atoms. The minimum absolute atomic E-state index is 0.318. The lowest BCUT2D eigenvalue weighted by atomic mass is 10.0. The molecule has 0 aliphatic heterocycles. The molecule has 0 saturated heterocycles. The molecule has 0 heterocycles. The zero-order valence-electron chi connectivity index (χ0n) is 8.91. The van der Waals surface area contributed by atoms with Crippen molar-refractivity contribution in [3.63, 3.8) is 0 Å². The highest BCUT2D eigenvalue weighted by atomic mass is 16.4. The van der Waals surface area contributed by atoms with E-state index in [2.05, 4.69) is 0 Å². The number of benzene rings is 1. The van der Waals surface area contributed by atoms with Crippen LogP contribution in [0.2, 0.25) is 0 Å².